The van der Waals surface area contributed by atoms with E-state index in [0.29, 0.717) is 0 Å². The molecule has 0 radical (unpaired) electrons. The summed E-state index contributed by atoms with van der Waals surface area (Å²) < 4.78 is 34.6. The van der Waals surface area contributed by atoms with Crippen LogP contribution in [0.1, 0.15) is 172 Å². The van der Waals surface area contributed by atoms with E-state index in [2.05, 4.69) is 20.8 Å². The van der Waals surface area contributed by atoms with Crippen LogP contribution < -0.4 is 0 Å². The molecule has 0 aliphatic heterocycles. The normalized spacial score (nSPS) is 11.9. The molecule has 0 fully saturated rings. The molecule has 1 N–H and O–H groups in total. The lowest BCUT2D eigenvalue weighted by molar-refractivity contribution is 0.481. The summed E-state index contributed by atoms with van der Waals surface area (Å²) in [5.74, 6) is 0. The van der Waals surface area contributed by atoms with Crippen molar-refractivity contribution < 1.29 is 13.0 Å². The smallest absolute Gasteiger partial charge is 0.282 e. The zero-order valence-corrected chi connectivity index (χ0v) is 25.6. The summed E-state index contributed by atoms with van der Waals surface area (Å²) in [7, 11) is -4.21. The van der Waals surface area contributed by atoms with Crippen molar-refractivity contribution in [3.63, 3.8) is 0 Å². The first-order valence-electron chi connectivity index (χ1n) is 16.1. The highest BCUT2D eigenvalue weighted by Crippen LogP contribution is 2.29. The lowest BCUT2D eigenvalue weighted by Gasteiger charge is -2.18. The van der Waals surface area contributed by atoms with E-state index in [0.717, 1.165) is 50.5 Å². The SMILES string of the molecule is CCCCCCCCCCCCCCCc1c(S(=O)(=O)O)ccc(CCCCCC)c1CCCCCC. The zero-order valence-electron chi connectivity index (χ0n) is 24.8. The van der Waals surface area contributed by atoms with Crippen LogP contribution in [0.4, 0.5) is 0 Å². The molecule has 0 heterocycles. The van der Waals surface area contributed by atoms with Crippen LogP contribution in [0.25, 0.3) is 0 Å². The second kappa shape index (κ2) is 22.0. The van der Waals surface area contributed by atoms with Crippen molar-refractivity contribution in [3.05, 3.63) is 28.8 Å². The Hall–Kier alpha value is -0.870. The molecule has 216 valence electrons. The second-order valence-corrected chi connectivity index (χ2v) is 12.7. The van der Waals surface area contributed by atoms with Gasteiger partial charge in [-0.1, -0.05) is 142 Å². The van der Waals surface area contributed by atoms with Crippen molar-refractivity contribution in [1.29, 1.82) is 0 Å². The molecular weight excluding hydrogens is 476 g/mol. The minimum Gasteiger partial charge on any atom is -0.282 e. The Bertz CT molecular complexity index is 785. The van der Waals surface area contributed by atoms with Crippen LogP contribution in [0.2, 0.25) is 0 Å². The minimum atomic E-state index is -4.21. The maximum absolute atomic E-state index is 12.3. The number of benzene rings is 1. The topological polar surface area (TPSA) is 54.4 Å². The van der Waals surface area contributed by atoms with Crippen LogP contribution in [-0.4, -0.2) is 13.0 Å². The van der Waals surface area contributed by atoms with Gasteiger partial charge in [-0.05, 0) is 61.3 Å². The molecule has 0 saturated heterocycles. The van der Waals surface area contributed by atoms with E-state index in [9.17, 15) is 13.0 Å². The van der Waals surface area contributed by atoms with Crippen molar-refractivity contribution >= 4 is 10.1 Å². The van der Waals surface area contributed by atoms with Gasteiger partial charge in [0.2, 0.25) is 0 Å². The number of hydrogen-bond donors (Lipinski definition) is 1. The summed E-state index contributed by atoms with van der Waals surface area (Å²) in [6, 6.07) is 3.66. The molecule has 0 bridgehead atoms. The average molecular weight is 537 g/mol. The number of hydrogen-bond acceptors (Lipinski definition) is 2. The molecule has 0 unspecified atom stereocenters. The fourth-order valence-electron chi connectivity index (χ4n) is 5.57. The summed E-state index contributed by atoms with van der Waals surface area (Å²) in [6.45, 7) is 6.72. The van der Waals surface area contributed by atoms with Crippen LogP contribution in [0.3, 0.4) is 0 Å². The van der Waals surface area contributed by atoms with Crippen LogP contribution in [-0.2, 0) is 29.4 Å². The van der Waals surface area contributed by atoms with Crippen molar-refractivity contribution in [2.24, 2.45) is 0 Å². The zero-order chi connectivity index (χ0) is 27.2. The van der Waals surface area contributed by atoms with E-state index < -0.39 is 10.1 Å². The van der Waals surface area contributed by atoms with E-state index in [1.165, 1.54) is 120 Å². The van der Waals surface area contributed by atoms with Crippen molar-refractivity contribution in [2.45, 2.75) is 180 Å². The van der Waals surface area contributed by atoms with Crippen molar-refractivity contribution in [2.75, 3.05) is 0 Å². The van der Waals surface area contributed by atoms with Crippen LogP contribution in [0, 0.1) is 0 Å². The van der Waals surface area contributed by atoms with Gasteiger partial charge in [-0.25, -0.2) is 0 Å². The van der Waals surface area contributed by atoms with Crippen LogP contribution in [0.5, 0.6) is 0 Å². The summed E-state index contributed by atoms with van der Waals surface area (Å²) in [5, 5.41) is 0. The predicted octanol–water partition coefficient (Wildman–Crippen LogP) is 10.8. The summed E-state index contributed by atoms with van der Waals surface area (Å²) >= 11 is 0. The van der Waals surface area contributed by atoms with Crippen molar-refractivity contribution in [3.8, 4) is 0 Å². The Kier molecular flexibility index (Phi) is 20.3. The predicted molar refractivity (Wildman–Crippen MR) is 161 cm³/mol. The lowest BCUT2D eigenvalue weighted by atomic mass is 9.90. The Morgan fingerprint density at radius 1 is 0.486 bits per heavy atom. The maximum Gasteiger partial charge on any atom is 0.294 e. The van der Waals surface area contributed by atoms with Gasteiger partial charge >= 0.3 is 0 Å². The molecule has 37 heavy (non-hydrogen) atoms. The molecule has 0 aliphatic carbocycles. The summed E-state index contributed by atoms with van der Waals surface area (Å²) in [6.07, 6.45) is 29.2. The molecule has 0 amide bonds. The number of aryl methyl sites for hydroxylation is 1. The maximum atomic E-state index is 12.3. The van der Waals surface area contributed by atoms with Gasteiger partial charge in [0.1, 0.15) is 0 Å². The van der Waals surface area contributed by atoms with Gasteiger partial charge in [-0.15, -0.1) is 0 Å². The molecule has 1 rings (SSSR count). The van der Waals surface area contributed by atoms with Gasteiger partial charge in [-0.3, -0.25) is 4.55 Å². The van der Waals surface area contributed by atoms with Gasteiger partial charge in [0.25, 0.3) is 10.1 Å². The fourth-order valence-corrected chi connectivity index (χ4v) is 6.35. The highest BCUT2D eigenvalue weighted by Gasteiger charge is 2.20. The first-order chi connectivity index (χ1) is 18.0. The Morgan fingerprint density at radius 3 is 1.27 bits per heavy atom. The van der Waals surface area contributed by atoms with E-state index in [1.54, 1.807) is 6.07 Å². The Labute approximate surface area is 231 Å². The van der Waals surface area contributed by atoms with Gasteiger partial charge in [0.15, 0.2) is 0 Å². The largest absolute Gasteiger partial charge is 0.294 e. The highest BCUT2D eigenvalue weighted by atomic mass is 32.2. The lowest BCUT2D eigenvalue weighted by Crippen LogP contribution is -2.10. The molecular formula is C33H60O3S. The summed E-state index contributed by atoms with van der Waals surface area (Å²) in [5.41, 5.74) is 3.45. The standard InChI is InChI=1S/C33H60O3S/c1-4-7-10-13-14-15-16-17-18-19-20-21-24-27-32-31(26-23-12-9-6-3)30(25-22-11-8-5-2)28-29-33(32)37(34,35)36/h28-29H,4-27H2,1-3H3,(H,34,35,36). The second-order valence-electron chi connectivity index (χ2n) is 11.3. The van der Waals surface area contributed by atoms with Crippen molar-refractivity contribution in [1.82, 2.24) is 0 Å². The third-order valence-electron chi connectivity index (χ3n) is 7.87. The van der Waals surface area contributed by atoms with Crippen LogP contribution in [0.15, 0.2) is 17.0 Å². The molecule has 1 aromatic rings. The van der Waals surface area contributed by atoms with Gasteiger partial charge in [0.05, 0.1) is 4.90 Å². The van der Waals surface area contributed by atoms with Gasteiger partial charge < -0.3 is 0 Å². The van der Waals surface area contributed by atoms with E-state index in [-0.39, 0.29) is 4.90 Å². The van der Waals surface area contributed by atoms with E-state index in [4.69, 9.17) is 0 Å². The van der Waals surface area contributed by atoms with Gasteiger partial charge in [0, 0.05) is 0 Å². The minimum absolute atomic E-state index is 0.161. The molecule has 0 aliphatic rings. The third kappa shape index (κ3) is 16.0. The Morgan fingerprint density at radius 2 is 0.838 bits per heavy atom. The van der Waals surface area contributed by atoms with E-state index >= 15 is 0 Å². The average Bonchev–Trinajstić information content (AvgIpc) is 2.87. The molecule has 0 atom stereocenters. The molecule has 0 aromatic heterocycles. The molecule has 1 aromatic carbocycles. The molecule has 0 saturated carbocycles. The van der Waals surface area contributed by atoms with Crippen LogP contribution >= 0.6 is 0 Å². The number of rotatable bonds is 25. The van der Waals surface area contributed by atoms with E-state index in [1.807, 2.05) is 6.07 Å². The first-order valence-corrected chi connectivity index (χ1v) is 17.5. The molecule has 3 nitrogen and oxygen atoms in total. The molecule has 4 heteroatoms. The molecule has 0 spiro atoms. The van der Waals surface area contributed by atoms with Gasteiger partial charge in [-0.2, -0.15) is 8.42 Å². The third-order valence-corrected chi connectivity index (χ3v) is 8.81. The quantitative estimate of drug-likeness (QED) is 0.0998. The number of unbranched alkanes of at least 4 members (excludes halogenated alkanes) is 18. The highest BCUT2D eigenvalue weighted by molar-refractivity contribution is 7.85. The Balaban J connectivity index is 2.65. The fraction of sp³-hybridized carbons (Fsp3) is 0.818. The monoisotopic (exact) mass is 536 g/mol. The first kappa shape index (κ1) is 34.2. The summed E-state index contributed by atoms with van der Waals surface area (Å²) in [4.78, 5) is 0.161.